The van der Waals surface area contributed by atoms with E-state index in [1.807, 2.05) is 51.1 Å². The standard InChI is InChI=1S/C27H38N2O4/c1-6-19(20-10-11-23(26(31)32-5)21(14-20)15-28)9-7-18-8-12-24(22(13-18)16-29)33-17-25(30)27(2,3)4/h8,10-14,19H,6-7,9,15-17,28-29H2,1-5H3. The molecule has 0 aliphatic heterocycles. The Morgan fingerprint density at radius 1 is 1.00 bits per heavy atom. The van der Waals surface area contributed by atoms with E-state index in [0.29, 0.717) is 23.8 Å². The quantitative estimate of drug-likeness (QED) is 0.484. The molecule has 6 heteroatoms. The van der Waals surface area contributed by atoms with E-state index >= 15 is 0 Å². The van der Waals surface area contributed by atoms with Gasteiger partial charge in [0, 0.05) is 24.1 Å². The van der Waals surface area contributed by atoms with Gasteiger partial charge in [0.25, 0.3) is 0 Å². The summed E-state index contributed by atoms with van der Waals surface area (Å²) in [6.45, 7) is 8.49. The molecule has 6 nitrogen and oxygen atoms in total. The van der Waals surface area contributed by atoms with E-state index in [4.69, 9.17) is 20.9 Å². The average Bonchev–Trinajstić information content (AvgIpc) is 2.81. The van der Waals surface area contributed by atoms with Gasteiger partial charge in [-0.3, -0.25) is 4.79 Å². The molecule has 0 saturated heterocycles. The molecular formula is C27H38N2O4. The Hall–Kier alpha value is -2.70. The normalized spacial score (nSPS) is 12.3. The van der Waals surface area contributed by atoms with E-state index in [1.165, 1.54) is 18.2 Å². The molecule has 0 spiro atoms. The highest BCUT2D eigenvalue weighted by atomic mass is 16.5. The fourth-order valence-corrected chi connectivity index (χ4v) is 3.74. The monoisotopic (exact) mass is 454 g/mol. The molecule has 1 unspecified atom stereocenters. The third-order valence-corrected chi connectivity index (χ3v) is 6.04. The lowest BCUT2D eigenvalue weighted by Gasteiger charge is -2.19. The lowest BCUT2D eigenvalue weighted by Crippen LogP contribution is -2.26. The SMILES string of the molecule is CCC(CCc1ccc(OCC(=O)C(C)(C)C)c(CN)c1)c1ccc(C(=O)OC)c(CN)c1. The smallest absolute Gasteiger partial charge is 0.338 e. The molecule has 1 atom stereocenters. The van der Waals surface area contributed by atoms with E-state index in [1.54, 1.807) is 0 Å². The number of esters is 1. The molecule has 33 heavy (non-hydrogen) atoms. The van der Waals surface area contributed by atoms with Gasteiger partial charge in [-0.2, -0.15) is 0 Å². The number of hydrogen-bond donors (Lipinski definition) is 2. The van der Waals surface area contributed by atoms with E-state index in [2.05, 4.69) is 13.0 Å². The largest absolute Gasteiger partial charge is 0.485 e. The van der Waals surface area contributed by atoms with Gasteiger partial charge in [-0.25, -0.2) is 4.79 Å². The minimum atomic E-state index is -0.434. The second-order valence-corrected chi connectivity index (χ2v) is 9.36. The van der Waals surface area contributed by atoms with Gasteiger partial charge in [0.15, 0.2) is 5.78 Å². The maximum atomic E-state index is 12.2. The second-order valence-electron chi connectivity index (χ2n) is 9.36. The summed E-state index contributed by atoms with van der Waals surface area (Å²) in [4.78, 5) is 24.1. The highest BCUT2D eigenvalue weighted by molar-refractivity contribution is 5.91. The molecule has 0 fully saturated rings. The number of hydrogen-bond acceptors (Lipinski definition) is 6. The third-order valence-electron chi connectivity index (χ3n) is 6.04. The number of rotatable bonds is 11. The molecule has 0 amide bonds. The van der Waals surface area contributed by atoms with Crippen LogP contribution in [0.25, 0.3) is 0 Å². The predicted octanol–water partition coefficient (Wildman–Crippen LogP) is 4.51. The first-order valence-corrected chi connectivity index (χ1v) is 11.5. The first kappa shape index (κ1) is 26.6. The number of ketones is 1. The van der Waals surface area contributed by atoms with Crippen LogP contribution < -0.4 is 16.2 Å². The lowest BCUT2D eigenvalue weighted by molar-refractivity contribution is -0.128. The molecule has 4 N–H and O–H groups in total. The number of aryl methyl sites for hydroxylation is 1. The molecule has 2 rings (SSSR count). The van der Waals surface area contributed by atoms with Crippen LogP contribution in [0.3, 0.4) is 0 Å². The summed E-state index contributed by atoms with van der Waals surface area (Å²) in [5.41, 5.74) is 16.0. The van der Waals surface area contributed by atoms with Crippen LogP contribution in [0.5, 0.6) is 5.75 Å². The van der Waals surface area contributed by atoms with E-state index < -0.39 is 5.41 Å². The number of ether oxygens (including phenoxy) is 2. The highest BCUT2D eigenvalue weighted by Crippen LogP contribution is 2.29. The maximum Gasteiger partial charge on any atom is 0.338 e. The van der Waals surface area contributed by atoms with E-state index in [0.717, 1.165) is 30.4 Å². The van der Waals surface area contributed by atoms with Crippen molar-refractivity contribution in [3.63, 3.8) is 0 Å². The van der Waals surface area contributed by atoms with E-state index in [-0.39, 0.29) is 24.9 Å². The van der Waals surface area contributed by atoms with Crippen molar-refractivity contribution in [2.45, 2.75) is 66.0 Å². The second kappa shape index (κ2) is 12.0. The van der Waals surface area contributed by atoms with Crippen molar-refractivity contribution in [1.29, 1.82) is 0 Å². The molecule has 180 valence electrons. The number of benzene rings is 2. The molecule has 0 bridgehead atoms. The zero-order valence-electron chi connectivity index (χ0n) is 20.6. The Morgan fingerprint density at radius 3 is 2.27 bits per heavy atom. The summed E-state index contributed by atoms with van der Waals surface area (Å²) in [6.07, 6.45) is 2.80. The summed E-state index contributed by atoms with van der Waals surface area (Å²) in [7, 11) is 1.37. The average molecular weight is 455 g/mol. The number of methoxy groups -OCH3 is 1. The summed E-state index contributed by atoms with van der Waals surface area (Å²) < 4.78 is 10.6. The molecule has 0 aromatic heterocycles. The molecule has 0 saturated carbocycles. The molecular weight excluding hydrogens is 416 g/mol. The van der Waals surface area contributed by atoms with Crippen LogP contribution in [0.4, 0.5) is 0 Å². The molecule has 2 aromatic carbocycles. The zero-order chi connectivity index (χ0) is 24.6. The zero-order valence-corrected chi connectivity index (χ0v) is 20.6. The van der Waals surface area contributed by atoms with Gasteiger partial charge < -0.3 is 20.9 Å². The minimum Gasteiger partial charge on any atom is -0.485 e. The van der Waals surface area contributed by atoms with Gasteiger partial charge in [-0.15, -0.1) is 0 Å². The van der Waals surface area contributed by atoms with Crippen molar-refractivity contribution in [2.24, 2.45) is 16.9 Å². The van der Waals surface area contributed by atoms with Gasteiger partial charge in [0.1, 0.15) is 12.4 Å². The van der Waals surface area contributed by atoms with Crippen molar-refractivity contribution in [1.82, 2.24) is 0 Å². The van der Waals surface area contributed by atoms with Crippen LogP contribution in [-0.4, -0.2) is 25.5 Å². The van der Waals surface area contributed by atoms with Gasteiger partial charge in [-0.1, -0.05) is 52.0 Å². The van der Waals surface area contributed by atoms with Crippen molar-refractivity contribution < 1.29 is 19.1 Å². The number of nitrogens with two attached hydrogens (primary N) is 2. The van der Waals surface area contributed by atoms with Gasteiger partial charge in [0.2, 0.25) is 0 Å². The van der Waals surface area contributed by atoms with E-state index in [9.17, 15) is 9.59 Å². The summed E-state index contributed by atoms with van der Waals surface area (Å²) in [5.74, 6) is 0.687. The van der Waals surface area contributed by atoms with Crippen molar-refractivity contribution in [3.8, 4) is 5.75 Å². The third kappa shape index (κ3) is 7.14. The van der Waals surface area contributed by atoms with Gasteiger partial charge >= 0.3 is 5.97 Å². The minimum absolute atomic E-state index is 0.0405. The van der Waals surface area contributed by atoms with Crippen LogP contribution in [0.15, 0.2) is 36.4 Å². The maximum absolute atomic E-state index is 12.2. The van der Waals surface area contributed by atoms with Crippen molar-refractivity contribution in [2.75, 3.05) is 13.7 Å². The van der Waals surface area contributed by atoms with Crippen LogP contribution in [0.1, 0.15) is 79.1 Å². The first-order valence-electron chi connectivity index (χ1n) is 11.5. The Labute approximate surface area is 197 Å². The predicted molar refractivity (Wildman–Crippen MR) is 131 cm³/mol. The highest BCUT2D eigenvalue weighted by Gasteiger charge is 2.22. The van der Waals surface area contributed by atoms with Crippen LogP contribution in [0, 0.1) is 5.41 Å². The number of carbonyl (C=O) groups is 2. The van der Waals surface area contributed by atoms with Gasteiger partial charge in [0.05, 0.1) is 12.7 Å². The molecule has 0 aliphatic carbocycles. The Balaban J connectivity index is 2.11. The van der Waals surface area contributed by atoms with Crippen LogP contribution in [-0.2, 0) is 29.0 Å². The van der Waals surface area contributed by atoms with Crippen molar-refractivity contribution >= 4 is 11.8 Å². The molecule has 2 aromatic rings. The summed E-state index contributed by atoms with van der Waals surface area (Å²) >= 11 is 0. The Morgan fingerprint density at radius 2 is 1.70 bits per heavy atom. The summed E-state index contributed by atoms with van der Waals surface area (Å²) in [6, 6.07) is 11.8. The molecule has 0 aliphatic rings. The summed E-state index contributed by atoms with van der Waals surface area (Å²) in [5, 5.41) is 0. The van der Waals surface area contributed by atoms with Gasteiger partial charge in [-0.05, 0) is 54.0 Å². The Bertz CT molecular complexity index is 963. The molecule has 0 radical (unpaired) electrons. The Kier molecular flexibility index (Phi) is 9.62. The number of carbonyl (C=O) groups excluding carboxylic acids is 2. The fraction of sp³-hybridized carbons (Fsp3) is 0.481. The van der Waals surface area contributed by atoms with Crippen LogP contribution in [0.2, 0.25) is 0 Å². The molecule has 0 heterocycles. The first-order chi connectivity index (χ1) is 15.6. The number of Topliss-reactive ketones (excluding diaryl/α,β-unsaturated/α-hetero) is 1. The topological polar surface area (TPSA) is 105 Å². The van der Waals surface area contributed by atoms with Crippen LogP contribution >= 0.6 is 0 Å². The van der Waals surface area contributed by atoms with Crippen molar-refractivity contribution in [3.05, 3.63) is 64.2 Å². The lowest BCUT2D eigenvalue weighted by atomic mass is 9.88. The fourth-order valence-electron chi connectivity index (χ4n) is 3.74.